The lowest BCUT2D eigenvalue weighted by Gasteiger charge is -2.10. The average Bonchev–Trinajstić information content (AvgIpc) is 3.40. The molecule has 156 valence electrons. The largest absolute Gasteiger partial charge is 0.486 e. The van der Waals surface area contributed by atoms with Gasteiger partial charge in [-0.2, -0.15) is 5.10 Å². The van der Waals surface area contributed by atoms with Crippen LogP contribution in [0, 0.1) is 13.8 Å². The van der Waals surface area contributed by atoms with E-state index in [1.165, 1.54) is 17.6 Å². The van der Waals surface area contributed by atoms with Crippen molar-refractivity contribution in [3.05, 3.63) is 102 Å². The molecule has 4 aromatic rings. The number of benzene rings is 1. The number of hydrogen-bond donors (Lipinski definition) is 1. The van der Waals surface area contributed by atoms with Gasteiger partial charge in [-0.15, -0.1) is 0 Å². The molecule has 0 aliphatic heterocycles. The number of aryl methyl sites for hydroxylation is 2. The highest BCUT2D eigenvalue weighted by atomic mass is 16.5. The molecule has 1 N–H and O–H groups in total. The maximum absolute atomic E-state index is 12.2. The first-order valence-corrected chi connectivity index (χ1v) is 9.80. The van der Waals surface area contributed by atoms with E-state index in [-0.39, 0.29) is 12.4 Å². The van der Waals surface area contributed by atoms with Crippen molar-refractivity contribution in [1.29, 1.82) is 0 Å². The fraction of sp³-hybridized carbons (Fsp3) is 0.125. The molecule has 1 aromatic carbocycles. The summed E-state index contributed by atoms with van der Waals surface area (Å²) >= 11 is 0. The molecule has 0 saturated carbocycles. The van der Waals surface area contributed by atoms with Crippen LogP contribution in [0.5, 0.6) is 5.75 Å². The summed E-state index contributed by atoms with van der Waals surface area (Å²) in [6.45, 7) is 4.37. The van der Waals surface area contributed by atoms with Gasteiger partial charge >= 0.3 is 5.91 Å². The molecule has 0 atom stereocenters. The van der Waals surface area contributed by atoms with Gasteiger partial charge in [0.15, 0.2) is 5.76 Å². The van der Waals surface area contributed by atoms with Crippen LogP contribution in [0.2, 0.25) is 0 Å². The zero-order valence-electron chi connectivity index (χ0n) is 17.3. The van der Waals surface area contributed by atoms with Crippen LogP contribution < -0.4 is 10.2 Å². The van der Waals surface area contributed by atoms with Crippen LogP contribution in [-0.4, -0.2) is 21.7 Å². The Balaban J connectivity index is 1.32. The van der Waals surface area contributed by atoms with Crippen molar-refractivity contribution in [2.45, 2.75) is 20.5 Å². The number of carbonyl (C=O) groups is 1. The summed E-state index contributed by atoms with van der Waals surface area (Å²) in [6, 6.07) is 18.9. The van der Waals surface area contributed by atoms with E-state index in [1.54, 1.807) is 36.7 Å². The van der Waals surface area contributed by atoms with Gasteiger partial charge < -0.3 is 13.7 Å². The van der Waals surface area contributed by atoms with Gasteiger partial charge in [-0.1, -0.05) is 0 Å². The second-order valence-electron chi connectivity index (χ2n) is 6.98. The second-order valence-corrected chi connectivity index (χ2v) is 6.98. The molecule has 7 heteroatoms. The van der Waals surface area contributed by atoms with E-state index in [4.69, 9.17) is 9.15 Å². The zero-order chi connectivity index (χ0) is 21.6. The molecule has 0 aliphatic carbocycles. The van der Waals surface area contributed by atoms with Gasteiger partial charge in [0.2, 0.25) is 0 Å². The summed E-state index contributed by atoms with van der Waals surface area (Å²) in [7, 11) is 0. The number of hydrazone groups is 1. The van der Waals surface area contributed by atoms with Gasteiger partial charge in [-0.25, -0.2) is 5.43 Å². The second kappa shape index (κ2) is 9.13. The van der Waals surface area contributed by atoms with E-state index in [0.717, 1.165) is 17.0 Å². The van der Waals surface area contributed by atoms with Crippen LogP contribution in [0.25, 0.3) is 5.69 Å². The fourth-order valence-corrected chi connectivity index (χ4v) is 3.17. The Morgan fingerprint density at radius 2 is 1.74 bits per heavy atom. The van der Waals surface area contributed by atoms with Gasteiger partial charge in [-0.05, 0) is 80.1 Å². The van der Waals surface area contributed by atoms with Crippen molar-refractivity contribution in [2.75, 3.05) is 0 Å². The third-order valence-corrected chi connectivity index (χ3v) is 4.72. The molecule has 0 bridgehead atoms. The third-order valence-electron chi connectivity index (χ3n) is 4.72. The molecule has 0 spiro atoms. The SMILES string of the molecule is Cc1ccc(C)n1-c1ccc(OCc2ccc(C(=O)N/N=C/c3ccncc3)o2)cc1. The first-order valence-electron chi connectivity index (χ1n) is 9.80. The number of carbonyl (C=O) groups excluding carboxylic acids is 1. The first-order chi connectivity index (χ1) is 15.1. The van der Waals surface area contributed by atoms with Crippen LogP contribution in [0.15, 0.2) is 82.6 Å². The average molecular weight is 414 g/mol. The van der Waals surface area contributed by atoms with Crippen molar-refractivity contribution < 1.29 is 13.9 Å². The number of nitrogens with one attached hydrogen (secondary N) is 1. The Labute approximate surface area is 180 Å². The molecule has 3 aromatic heterocycles. The summed E-state index contributed by atoms with van der Waals surface area (Å²) in [6.07, 6.45) is 4.84. The highest BCUT2D eigenvalue weighted by Gasteiger charge is 2.11. The Hall–Kier alpha value is -4.13. The number of furan rings is 1. The summed E-state index contributed by atoms with van der Waals surface area (Å²) in [4.78, 5) is 16.1. The number of pyridine rings is 1. The molecule has 3 heterocycles. The summed E-state index contributed by atoms with van der Waals surface area (Å²) in [5, 5.41) is 3.92. The van der Waals surface area contributed by atoms with Crippen molar-refractivity contribution in [3.63, 3.8) is 0 Å². The number of hydrogen-bond acceptors (Lipinski definition) is 5. The minimum absolute atomic E-state index is 0.166. The van der Waals surface area contributed by atoms with Crippen LogP contribution in [0.4, 0.5) is 0 Å². The topological polar surface area (TPSA) is 81.6 Å². The molecule has 1 amide bonds. The Morgan fingerprint density at radius 1 is 1.03 bits per heavy atom. The summed E-state index contributed by atoms with van der Waals surface area (Å²) in [5.41, 5.74) is 6.70. The van der Waals surface area contributed by atoms with Crippen LogP contribution in [-0.2, 0) is 6.61 Å². The van der Waals surface area contributed by atoms with Crippen molar-refractivity contribution in [3.8, 4) is 11.4 Å². The molecule has 0 unspecified atom stereocenters. The predicted octanol–water partition coefficient (Wildman–Crippen LogP) is 4.43. The highest BCUT2D eigenvalue weighted by Crippen LogP contribution is 2.20. The van der Waals surface area contributed by atoms with Crippen LogP contribution in [0.1, 0.15) is 33.3 Å². The smallest absolute Gasteiger partial charge is 0.307 e. The van der Waals surface area contributed by atoms with E-state index in [0.29, 0.717) is 5.76 Å². The Bertz CT molecular complexity index is 1170. The molecule has 7 nitrogen and oxygen atoms in total. The number of nitrogens with zero attached hydrogens (tertiary/aromatic N) is 3. The van der Waals surface area contributed by atoms with Crippen LogP contribution in [0.3, 0.4) is 0 Å². The maximum Gasteiger partial charge on any atom is 0.307 e. The monoisotopic (exact) mass is 414 g/mol. The van der Waals surface area contributed by atoms with Crippen molar-refractivity contribution in [2.24, 2.45) is 5.10 Å². The zero-order valence-corrected chi connectivity index (χ0v) is 17.3. The molecule has 0 saturated heterocycles. The predicted molar refractivity (Wildman–Crippen MR) is 118 cm³/mol. The van der Waals surface area contributed by atoms with Crippen molar-refractivity contribution >= 4 is 12.1 Å². The highest BCUT2D eigenvalue weighted by molar-refractivity contribution is 5.92. The number of amides is 1. The molecule has 0 fully saturated rings. The molecule has 4 rings (SSSR count). The summed E-state index contributed by atoms with van der Waals surface area (Å²) in [5.74, 6) is 0.998. The number of ether oxygens (including phenoxy) is 1. The first kappa shape index (κ1) is 20.2. The minimum atomic E-state index is -0.432. The van der Waals surface area contributed by atoms with Crippen LogP contribution >= 0.6 is 0 Å². The molecule has 0 aliphatic rings. The van der Waals surface area contributed by atoms with Crippen molar-refractivity contribution in [1.82, 2.24) is 15.0 Å². The lowest BCUT2D eigenvalue weighted by molar-refractivity contribution is 0.0923. The van der Waals surface area contributed by atoms with Gasteiger partial charge in [0.25, 0.3) is 0 Å². The minimum Gasteiger partial charge on any atom is -0.486 e. The van der Waals surface area contributed by atoms with E-state index >= 15 is 0 Å². The fourth-order valence-electron chi connectivity index (χ4n) is 3.17. The number of rotatable bonds is 7. The third kappa shape index (κ3) is 4.90. The van der Waals surface area contributed by atoms with E-state index in [9.17, 15) is 4.79 Å². The lowest BCUT2D eigenvalue weighted by atomic mass is 10.3. The Kier molecular flexibility index (Phi) is 5.93. The van der Waals surface area contributed by atoms with E-state index < -0.39 is 5.91 Å². The van der Waals surface area contributed by atoms with E-state index in [1.807, 2.05) is 24.3 Å². The number of aromatic nitrogens is 2. The van der Waals surface area contributed by atoms with Gasteiger partial charge in [0, 0.05) is 29.5 Å². The lowest BCUT2D eigenvalue weighted by Crippen LogP contribution is -2.16. The van der Waals surface area contributed by atoms with E-state index in [2.05, 4.69) is 46.1 Å². The summed E-state index contributed by atoms with van der Waals surface area (Å²) < 4.78 is 13.5. The quantitative estimate of drug-likeness (QED) is 0.358. The van der Waals surface area contributed by atoms with Gasteiger partial charge in [-0.3, -0.25) is 9.78 Å². The standard InChI is InChI=1S/C24H22N4O3/c1-17-3-4-18(2)28(17)20-5-7-21(8-6-20)30-16-22-9-10-23(31-22)24(29)27-26-15-19-11-13-25-14-12-19/h3-15H,16H2,1-2H3,(H,27,29)/b26-15+. The molecular weight excluding hydrogens is 392 g/mol. The van der Waals surface area contributed by atoms with Gasteiger partial charge in [0.1, 0.15) is 18.1 Å². The Morgan fingerprint density at radius 3 is 2.45 bits per heavy atom. The normalized spacial score (nSPS) is 11.0. The van der Waals surface area contributed by atoms with Gasteiger partial charge in [0.05, 0.1) is 6.21 Å². The molecular formula is C24H22N4O3. The molecule has 0 radical (unpaired) electrons. The molecule has 31 heavy (non-hydrogen) atoms. The maximum atomic E-state index is 12.2.